The minimum absolute atomic E-state index is 0.0451. The Kier molecular flexibility index (Phi) is 2.75. The van der Waals surface area contributed by atoms with E-state index < -0.39 is 0 Å². The minimum atomic E-state index is -0.267. The molecule has 3 nitrogen and oxygen atoms in total. The summed E-state index contributed by atoms with van der Waals surface area (Å²) in [5, 5.41) is 9.18. The summed E-state index contributed by atoms with van der Waals surface area (Å²) in [6.07, 6.45) is 0. The number of hydrogen-bond acceptors (Lipinski definition) is 2. The third-order valence-corrected chi connectivity index (χ3v) is 2.67. The number of aryl methyl sites for hydroxylation is 1. The molecule has 16 heavy (non-hydrogen) atoms. The first-order valence-electron chi connectivity index (χ1n) is 5.02. The Morgan fingerprint density at radius 2 is 1.94 bits per heavy atom. The van der Waals surface area contributed by atoms with Crippen molar-refractivity contribution in [1.29, 1.82) is 0 Å². The largest absolute Gasteiger partial charge is 0.390 e. The SMILES string of the molecule is Cc1nc(-c2ccc(F)cc2)n(C)c1CO. The fourth-order valence-electron chi connectivity index (χ4n) is 1.75. The predicted octanol–water partition coefficient (Wildman–Crippen LogP) is 2.03. The van der Waals surface area contributed by atoms with Crippen LogP contribution < -0.4 is 0 Å². The van der Waals surface area contributed by atoms with E-state index in [1.807, 2.05) is 18.5 Å². The summed E-state index contributed by atoms with van der Waals surface area (Å²) < 4.78 is 14.6. The first-order chi connectivity index (χ1) is 7.63. The van der Waals surface area contributed by atoms with Crippen molar-refractivity contribution in [2.75, 3.05) is 0 Å². The molecular formula is C12H13FN2O. The second-order valence-electron chi connectivity index (χ2n) is 3.69. The van der Waals surface area contributed by atoms with Crippen molar-refractivity contribution in [2.24, 2.45) is 7.05 Å². The summed E-state index contributed by atoms with van der Waals surface area (Å²) in [5.74, 6) is 0.471. The van der Waals surface area contributed by atoms with Gasteiger partial charge in [0.05, 0.1) is 18.0 Å². The average Bonchev–Trinajstić information content (AvgIpc) is 2.55. The lowest BCUT2D eigenvalue weighted by molar-refractivity contribution is 0.272. The van der Waals surface area contributed by atoms with Crippen molar-refractivity contribution in [3.63, 3.8) is 0 Å². The van der Waals surface area contributed by atoms with Gasteiger partial charge in [0.25, 0.3) is 0 Å². The van der Waals surface area contributed by atoms with E-state index in [2.05, 4.69) is 4.98 Å². The van der Waals surface area contributed by atoms with E-state index in [4.69, 9.17) is 0 Å². The molecular weight excluding hydrogens is 207 g/mol. The van der Waals surface area contributed by atoms with Crippen LogP contribution in [0.25, 0.3) is 11.4 Å². The molecule has 0 aliphatic carbocycles. The van der Waals surface area contributed by atoms with Gasteiger partial charge in [0, 0.05) is 12.6 Å². The van der Waals surface area contributed by atoms with E-state index >= 15 is 0 Å². The van der Waals surface area contributed by atoms with Gasteiger partial charge in [-0.2, -0.15) is 0 Å². The number of aliphatic hydroxyl groups is 1. The summed E-state index contributed by atoms with van der Waals surface area (Å²) in [7, 11) is 1.84. The zero-order chi connectivity index (χ0) is 11.7. The molecule has 1 aromatic heterocycles. The number of halogens is 1. The van der Waals surface area contributed by atoms with Crippen molar-refractivity contribution in [3.05, 3.63) is 41.5 Å². The van der Waals surface area contributed by atoms with E-state index in [1.165, 1.54) is 12.1 Å². The van der Waals surface area contributed by atoms with Crippen LogP contribution in [0.2, 0.25) is 0 Å². The van der Waals surface area contributed by atoms with Crippen LogP contribution in [0.15, 0.2) is 24.3 Å². The molecule has 0 aliphatic heterocycles. The smallest absolute Gasteiger partial charge is 0.140 e. The molecule has 1 heterocycles. The van der Waals surface area contributed by atoms with Crippen LogP contribution in [0.1, 0.15) is 11.4 Å². The van der Waals surface area contributed by atoms with Crippen molar-refractivity contribution in [3.8, 4) is 11.4 Å². The number of benzene rings is 1. The molecule has 4 heteroatoms. The van der Waals surface area contributed by atoms with E-state index in [0.717, 1.165) is 22.8 Å². The lowest BCUT2D eigenvalue weighted by Crippen LogP contribution is -1.99. The normalized spacial score (nSPS) is 10.8. The van der Waals surface area contributed by atoms with Crippen molar-refractivity contribution in [2.45, 2.75) is 13.5 Å². The summed E-state index contributed by atoms with van der Waals surface area (Å²) in [4.78, 5) is 4.36. The summed E-state index contributed by atoms with van der Waals surface area (Å²) in [6, 6.07) is 6.16. The zero-order valence-electron chi connectivity index (χ0n) is 9.24. The Balaban J connectivity index is 2.52. The van der Waals surface area contributed by atoms with Gasteiger partial charge in [-0.3, -0.25) is 0 Å². The van der Waals surface area contributed by atoms with Crippen LogP contribution in [-0.4, -0.2) is 14.7 Å². The fraction of sp³-hybridized carbons (Fsp3) is 0.250. The molecule has 2 aromatic rings. The molecule has 0 saturated heterocycles. The van der Waals surface area contributed by atoms with Gasteiger partial charge < -0.3 is 9.67 Å². The van der Waals surface area contributed by atoms with Crippen molar-refractivity contribution in [1.82, 2.24) is 9.55 Å². The Morgan fingerprint density at radius 3 is 2.44 bits per heavy atom. The minimum Gasteiger partial charge on any atom is -0.390 e. The summed E-state index contributed by atoms with van der Waals surface area (Å²) >= 11 is 0. The topological polar surface area (TPSA) is 38.0 Å². The fourth-order valence-corrected chi connectivity index (χ4v) is 1.75. The molecule has 84 valence electrons. The van der Waals surface area contributed by atoms with E-state index in [1.54, 1.807) is 12.1 Å². The number of aliphatic hydroxyl groups excluding tert-OH is 1. The molecule has 0 spiro atoms. The monoisotopic (exact) mass is 220 g/mol. The van der Waals surface area contributed by atoms with Crippen LogP contribution in [-0.2, 0) is 13.7 Å². The lowest BCUT2D eigenvalue weighted by Gasteiger charge is -2.04. The molecule has 0 amide bonds. The van der Waals surface area contributed by atoms with Crippen LogP contribution in [0.3, 0.4) is 0 Å². The molecule has 0 fully saturated rings. The van der Waals surface area contributed by atoms with Gasteiger partial charge in [-0.25, -0.2) is 9.37 Å². The quantitative estimate of drug-likeness (QED) is 0.840. The van der Waals surface area contributed by atoms with Crippen LogP contribution in [0.4, 0.5) is 4.39 Å². The molecule has 0 aliphatic rings. The maximum absolute atomic E-state index is 12.8. The third-order valence-electron chi connectivity index (χ3n) is 2.67. The van der Waals surface area contributed by atoms with Gasteiger partial charge >= 0.3 is 0 Å². The highest BCUT2D eigenvalue weighted by molar-refractivity contribution is 5.56. The first kappa shape index (κ1) is 10.8. The number of rotatable bonds is 2. The second kappa shape index (κ2) is 4.06. The van der Waals surface area contributed by atoms with Crippen LogP contribution in [0, 0.1) is 12.7 Å². The predicted molar refractivity (Wildman–Crippen MR) is 59.3 cm³/mol. The highest BCUT2D eigenvalue weighted by Gasteiger charge is 2.11. The van der Waals surface area contributed by atoms with Crippen molar-refractivity contribution < 1.29 is 9.50 Å². The van der Waals surface area contributed by atoms with Gasteiger partial charge in [-0.1, -0.05) is 0 Å². The van der Waals surface area contributed by atoms with Gasteiger partial charge in [-0.05, 0) is 31.2 Å². The van der Waals surface area contributed by atoms with E-state index in [9.17, 15) is 9.50 Å². The Morgan fingerprint density at radius 1 is 1.31 bits per heavy atom. The molecule has 1 aromatic carbocycles. The maximum Gasteiger partial charge on any atom is 0.140 e. The number of imidazole rings is 1. The third kappa shape index (κ3) is 1.72. The second-order valence-corrected chi connectivity index (χ2v) is 3.69. The Bertz CT molecular complexity index is 502. The number of nitrogens with zero attached hydrogens (tertiary/aromatic N) is 2. The van der Waals surface area contributed by atoms with Crippen LogP contribution >= 0.6 is 0 Å². The lowest BCUT2D eigenvalue weighted by atomic mass is 10.2. The van der Waals surface area contributed by atoms with Gasteiger partial charge in [0.1, 0.15) is 11.6 Å². The summed E-state index contributed by atoms with van der Waals surface area (Å²) in [5.41, 5.74) is 2.41. The number of hydrogen-bond donors (Lipinski definition) is 1. The Hall–Kier alpha value is -1.68. The molecule has 0 radical (unpaired) electrons. The van der Waals surface area contributed by atoms with Crippen LogP contribution in [0.5, 0.6) is 0 Å². The molecule has 0 saturated carbocycles. The van der Waals surface area contributed by atoms with Gasteiger partial charge in [-0.15, -0.1) is 0 Å². The highest BCUT2D eigenvalue weighted by atomic mass is 19.1. The first-order valence-corrected chi connectivity index (χ1v) is 5.02. The van der Waals surface area contributed by atoms with Gasteiger partial charge in [0.2, 0.25) is 0 Å². The highest BCUT2D eigenvalue weighted by Crippen LogP contribution is 2.21. The maximum atomic E-state index is 12.8. The summed E-state index contributed by atoms with van der Waals surface area (Å²) in [6.45, 7) is 1.80. The standard InChI is InChI=1S/C12H13FN2O/c1-8-11(7-16)15(2)12(14-8)9-3-5-10(13)6-4-9/h3-6,16H,7H2,1-2H3. The Labute approximate surface area is 93.2 Å². The van der Waals surface area contributed by atoms with Gasteiger partial charge in [0.15, 0.2) is 0 Å². The number of aromatic nitrogens is 2. The molecule has 0 unspecified atom stereocenters. The molecule has 2 rings (SSSR count). The molecule has 1 N–H and O–H groups in total. The molecule has 0 bridgehead atoms. The molecule has 0 atom stereocenters. The average molecular weight is 220 g/mol. The van der Waals surface area contributed by atoms with E-state index in [-0.39, 0.29) is 12.4 Å². The van der Waals surface area contributed by atoms with Crippen molar-refractivity contribution >= 4 is 0 Å². The zero-order valence-corrected chi connectivity index (χ0v) is 9.24. The van der Waals surface area contributed by atoms with E-state index in [0.29, 0.717) is 0 Å².